The Morgan fingerprint density at radius 1 is 1.33 bits per heavy atom. The molecular formula is C16H22N4O. The van der Waals surface area contributed by atoms with E-state index in [0.717, 1.165) is 37.1 Å². The number of hydrogen-bond acceptors (Lipinski definition) is 3. The highest BCUT2D eigenvalue weighted by Gasteiger charge is 2.23. The number of fused-ring (bicyclic) bond motifs is 1. The van der Waals surface area contributed by atoms with Crippen molar-refractivity contribution in [3.05, 3.63) is 28.4 Å². The van der Waals surface area contributed by atoms with Crippen molar-refractivity contribution in [3.63, 3.8) is 0 Å². The number of H-pyrrole nitrogens is 1. The maximum atomic E-state index is 12.1. The molecule has 0 spiro atoms. The average molecular weight is 286 g/mol. The fraction of sp³-hybridized carbons (Fsp3) is 0.562. The summed E-state index contributed by atoms with van der Waals surface area (Å²) >= 11 is 0. The van der Waals surface area contributed by atoms with Gasteiger partial charge in [0.15, 0.2) is 0 Å². The van der Waals surface area contributed by atoms with Crippen molar-refractivity contribution in [3.8, 4) is 6.07 Å². The van der Waals surface area contributed by atoms with Crippen LogP contribution >= 0.6 is 0 Å². The molecule has 2 aromatic rings. The van der Waals surface area contributed by atoms with E-state index in [-0.39, 0.29) is 11.7 Å². The monoisotopic (exact) mass is 286 g/mol. The van der Waals surface area contributed by atoms with E-state index in [2.05, 4.69) is 16.9 Å². The number of hydrogen-bond donors (Lipinski definition) is 1. The lowest BCUT2D eigenvalue weighted by molar-refractivity contribution is 0.290. The smallest absolute Gasteiger partial charge is 0.304 e. The van der Waals surface area contributed by atoms with Crippen molar-refractivity contribution in [2.75, 3.05) is 0 Å². The van der Waals surface area contributed by atoms with E-state index in [4.69, 9.17) is 5.26 Å². The number of aromatic nitrogens is 3. The van der Waals surface area contributed by atoms with Crippen LogP contribution in [0.5, 0.6) is 0 Å². The summed E-state index contributed by atoms with van der Waals surface area (Å²) in [4.78, 5) is 18.9. The Balaban J connectivity index is 0.000000774. The Bertz CT molecular complexity index is 699. The van der Waals surface area contributed by atoms with Gasteiger partial charge in [-0.3, -0.25) is 4.57 Å². The second-order valence-corrected chi connectivity index (χ2v) is 5.41. The first-order chi connectivity index (χ1) is 10.2. The molecule has 112 valence electrons. The molecule has 1 saturated carbocycles. The van der Waals surface area contributed by atoms with Gasteiger partial charge in [0.25, 0.3) is 0 Å². The van der Waals surface area contributed by atoms with Crippen LogP contribution < -0.4 is 5.69 Å². The van der Waals surface area contributed by atoms with Gasteiger partial charge in [0, 0.05) is 12.1 Å². The van der Waals surface area contributed by atoms with Gasteiger partial charge in [0.05, 0.1) is 17.2 Å². The Morgan fingerprint density at radius 2 is 2.00 bits per heavy atom. The summed E-state index contributed by atoms with van der Waals surface area (Å²) in [6.07, 6.45) is 5.92. The van der Waals surface area contributed by atoms with E-state index in [1.165, 1.54) is 0 Å². The average Bonchev–Trinajstić information content (AvgIpc) is 2.85. The zero-order valence-corrected chi connectivity index (χ0v) is 12.9. The maximum absolute atomic E-state index is 12.1. The zero-order valence-electron chi connectivity index (χ0n) is 12.9. The number of imidazole rings is 1. The molecule has 3 rings (SSSR count). The number of nitrogens with zero attached hydrogens (tertiary/aromatic N) is 3. The SMILES string of the molecule is CC.CC1CCC(n2c(=O)[nH]c3cnc(C#N)cc32)CC1. The van der Waals surface area contributed by atoms with Crippen LogP contribution in [0.4, 0.5) is 0 Å². The van der Waals surface area contributed by atoms with Crippen LogP contribution in [-0.4, -0.2) is 14.5 Å². The second-order valence-electron chi connectivity index (χ2n) is 5.41. The second kappa shape index (κ2) is 6.57. The van der Waals surface area contributed by atoms with Gasteiger partial charge in [-0.15, -0.1) is 0 Å². The Kier molecular flexibility index (Phi) is 4.79. The van der Waals surface area contributed by atoms with E-state index in [9.17, 15) is 4.79 Å². The lowest BCUT2D eigenvalue weighted by atomic mass is 9.87. The lowest BCUT2D eigenvalue weighted by Gasteiger charge is -2.27. The summed E-state index contributed by atoms with van der Waals surface area (Å²) < 4.78 is 1.81. The topological polar surface area (TPSA) is 74.5 Å². The van der Waals surface area contributed by atoms with Gasteiger partial charge >= 0.3 is 5.69 Å². The summed E-state index contributed by atoms with van der Waals surface area (Å²) in [6.45, 7) is 6.26. The number of nitrogens with one attached hydrogen (secondary N) is 1. The van der Waals surface area contributed by atoms with Gasteiger partial charge in [-0.1, -0.05) is 20.8 Å². The standard InChI is InChI=1S/C14H16N4O.C2H6/c1-9-2-4-11(5-3-9)18-13-6-10(7-15)16-8-12(13)17-14(18)19;1-2/h6,8-9,11H,2-5H2,1H3,(H,17,19);1-2H3. The summed E-state index contributed by atoms with van der Waals surface area (Å²) in [5, 5.41) is 8.93. The summed E-state index contributed by atoms with van der Waals surface area (Å²) in [6, 6.07) is 3.97. The van der Waals surface area contributed by atoms with E-state index in [1.807, 2.05) is 24.5 Å². The lowest BCUT2D eigenvalue weighted by Crippen LogP contribution is -2.25. The van der Waals surface area contributed by atoms with Crippen LogP contribution in [0.15, 0.2) is 17.1 Å². The molecule has 0 aromatic carbocycles. The molecule has 0 amide bonds. The Morgan fingerprint density at radius 3 is 2.62 bits per heavy atom. The van der Waals surface area contributed by atoms with Crippen LogP contribution in [0.3, 0.4) is 0 Å². The fourth-order valence-electron chi connectivity index (χ4n) is 2.95. The number of rotatable bonds is 1. The third kappa shape index (κ3) is 2.99. The number of nitriles is 1. The maximum Gasteiger partial charge on any atom is 0.326 e. The third-order valence-electron chi connectivity index (χ3n) is 4.07. The van der Waals surface area contributed by atoms with Crippen LogP contribution in [-0.2, 0) is 0 Å². The van der Waals surface area contributed by atoms with Crippen LogP contribution in [0, 0.1) is 17.2 Å². The molecule has 1 aliphatic rings. The van der Waals surface area contributed by atoms with Gasteiger partial charge in [-0.25, -0.2) is 9.78 Å². The molecule has 0 radical (unpaired) electrons. The molecule has 0 unspecified atom stereocenters. The predicted octanol–water partition coefficient (Wildman–Crippen LogP) is 3.37. The normalized spacial score (nSPS) is 21.4. The largest absolute Gasteiger partial charge is 0.326 e. The van der Waals surface area contributed by atoms with Gasteiger partial charge in [-0.2, -0.15) is 5.26 Å². The minimum Gasteiger partial charge on any atom is -0.304 e. The van der Waals surface area contributed by atoms with Gasteiger partial charge in [0.1, 0.15) is 11.8 Å². The van der Waals surface area contributed by atoms with Crippen molar-refractivity contribution in [2.45, 2.75) is 52.5 Å². The highest BCUT2D eigenvalue weighted by Crippen LogP contribution is 2.32. The molecule has 5 nitrogen and oxygen atoms in total. The van der Waals surface area contributed by atoms with Crippen molar-refractivity contribution in [1.29, 1.82) is 5.26 Å². The van der Waals surface area contributed by atoms with Crippen molar-refractivity contribution < 1.29 is 0 Å². The molecule has 21 heavy (non-hydrogen) atoms. The predicted molar refractivity (Wildman–Crippen MR) is 83.1 cm³/mol. The highest BCUT2D eigenvalue weighted by molar-refractivity contribution is 5.75. The molecule has 5 heteroatoms. The van der Waals surface area contributed by atoms with Crippen LogP contribution in [0.1, 0.15) is 58.2 Å². The first kappa shape index (κ1) is 15.3. The fourth-order valence-corrected chi connectivity index (χ4v) is 2.95. The number of pyridine rings is 1. The summed E-state index contributed by atoms with van der Waals surface area (Å²) in [5.74, 6) is 0.744. The van der Waals surface area contributed by atoms with Gasteiger partial charge < -0.3 is 4.98 Å². The highest BCUT2D eigenvalue weighted by atomic mass is 16.1. The molecule has 1 aliphatic carbocycles. The zero-order chi connectivity index (χ0) is 15.4. The summed E-state index contributed by atoms with van der Waals surface area (Å²) in [7, 11) is 0. The van der Waals surface area contributed by atoms with E-state index in [0.29, 0.717) is 11.2 Å². The van der Waals surface area contributed by atoms with Gasteiger partial charge in [0.2, 0.25) is 0 Å². The molecule has 2 aromatic heterocycles. The van der Waals surface area contributed by atoms with Crippen molar-refractivity contribution in [1.82, 2.24) is 14.5 Å². The minimum absolute atomic E-state index is 0.0913. The molecule has 0 atom stereocenters. The van der Waals surface area contributed by atoms with Crippen LogP contribution in [0.2, 0.25) is 0 Å². The summed E-state index contributed by atoms with van der Waals surface area (Å²) in [5.41, 5.74) is 1.77. The van der Waals surface area contributed by atoms with E-state index >= 15 is 0 Å². The molecule has 1 N–H and O–H groups in total. The molecule has 2 heterocycles. The Hall–Kier alpha value is -2.09. The Labute approximate surface area is 124 Å². The van der Waals surface area contributed by atoms with E-state index < -0.39 is 0 Å². The first-order valence-electron chi connectivity index (χ1n) is 7.69. The van der Waals surface area contributed by atoms with Gasteiger partial charge in [-0.05, 0) is 31.6 Å². The molecule has 1 fully saturated rings. The molecule has 0 bridgehead atoms. The molecule has 0 saturated heterocycles. The van der Waals surface area contributed by atoms with Crippen molar-refractivity contribution in [2.24, 2.45) is 5.92 Å². The molecule has 0 aliphatic heterocycles. The van der Waals surface area contributed by atoms with E-state index in [1.54, 1.807) is 12.3 Å². The van der Waals surface area contributed by atoms with Crippen molar-refractivity contribution >= 4 is 11.0 Å². The first-order valence-corrected chi connectivity index (χ1v) is 7.69. The minimum atomic E-state index is -0.0913. The number of aromatic amines is 1. The third-order valence-corrected chi connectivity index (χ3v) is 4.07. The quantitative estimate of drug-likeness (QED) is 0.873. The van der Waals surface area contributed by atoms with Crippen LogP contribution in [0.25, 0.3) is 11.0 Å². The molecular weight excluding hydrogens is 264 g/mol.